The van der Waals surface area contributed by atoms with Gasteiger partial charge in [0.05, 0.1) is 0 Å². The average molecular weight is 703 g/mol. The molecule has 40 heavy (non-hydrogen) atoms. The van der Waals surface area contributed by atoms with Crippen LogP contribution >= 0.6 is 0 Å². The Bertz CT molecular complexity index is 1630. The quantitative estimate of drug-likeness (QED) is 0.182. The molecule has 1 heterocycles. The molecule has 0 spiro atoms. The first kappa shape index (κ1) is 26.4. The third-order valence-corrected chi connectivity index (χ3v) is 31.1. The summed E-state index contributed by atoms with van der Waals surface area (Å²) in [6.45, 7) is 14.2. The van der Waals surface area contributed by atoms with E-state index in [0.29, 0.717) is 7.35 Å². The molecule has 0 aromatic heterocycles. The Labute approximate surface area is 246 Å². The molecular weight excluding hydrogens is 663 g/mol. The van der Waals surface area contributed by atoms with Crippen molar-refractivity contribution in [3.63, 3.8) is 0 Å². The first-order valence-electron chi connectivity index (χ1n) is 14.8. The van der Waals surface area contributed by atoms with Crippen LogP contribution in [0.15, 0.2) is 83.2 Å². The van der Waals surface area contributed by atoms with Gasteiger partial charge in [0.2, 0.25) is 0 Å². The van der Waals surface area contributed by atoms with Gasteiger partial charge in [0, 0.05) is 0 Å². The molecule has 0 radical (unpaired) electrons. The Hall–Kier alpha value is -2.55. The summed E-state index contributed by atoms with van der Waals surface area (Å²) in [5.41, 5.74) is 17.3. The van der Waals surface area contributed by atoms with Crippen LogP contribution in [0.5, 0.6) is 0 Å². The van der Waals surface area contributed by atoms with Crippen LogP contribution in [0.1, 0.15) is 51.9 Å². The second-order valence-electron chi connectivity index (χ2n) is 13.9. The first-order chi connectivity index (χ1) is 19.0. The molecule has 4 aromatic carbocycles. The molecule has 0 N–H and O–H groups in total. The van der Waals surface area contributed by atoms with Crippen LogP contribution in [0.3, 0.4) is 0 Å². The van der Waals surface area contributed by atoms with Crippen molar-refractivity contribution in [2.24, 2.45) is 0 Å². The SMILES string of the molecule is Cc1cc(C)cc(-c2cccc3c2C=C2[CH]3[Hf]([CH3])([CH3])[CH]3C(=Cc4c(-c5cc(C)cc(C)c5)cccc43)[Si]2(C)C)c1. The Kier molecular flexibility index (Phi) is 5.91. The Morgan fingerprint density at radius 1 is 0.550 bits per heavy atom. The summed E-state index contributed by atoms with van der Waals surface area (Å²) in [6, 6.07) is 28.5. The standard InChI is InChI=1S/C36H34Si.2CH3.Hf/c1-23-13-24(2)16-29(15-23)33-11-7-9-27-19-31(21-35(27)33)37(5,6)32-20-28-10-8-12-34(36(28)22-32)30-17-25(3)14-26(4)18-30;;;/h7-22H,1-6H3;2*1H3;. The van der Waals surface area contributed by atoms with Crippen LogP contribution in [0.2, 0.25) is 22.5 Å². The Balaban J connectivity index is 1.43. The summed E-state index contributed by atoms with van der Waals surface area (Å²) in [4.78, 5) is 0. The van der Waals surface area contributed by atoms with E-state index >= 15 is 0 Å². The molecule has 0 amide bonds. The molecule has 0 bridgehead atoms. The summed E-state index contributed by atoms with van der Waals surface area (Å²) in [5, 5.41) is 3.63. The van der Waals surface area contributed by atoms with Crippen LogP contribution < -0.4 is 0 Å². The third kappa shape index (κ3) is 3.78. The maximum atomic E-state index is 2.77. The zero-order valence-electron chi connectivity index (χ0n) is 25.2. The predicted octanol–water partition coefficient (Wildman–Crippen LogP) is 10.9. The molecule has 0 saturated carbocycles. The normalized spacial score (nSPS) is 21.2. The van der Waals surface area contributed by atoms with Crippen LogP contribution in [-0.2, 0) is 20.0 Å². The van der Waals surface area contributed by atoms with Gasteiger partial charge >= 0.3 is 248 Å². The van der Waals surface area contributed by atoms with Gasteiger partial charge in [-0.15, -0.1) is 0 Å². The summed E-state index contributed by atoms with van der Waals surface area (Å²) in [6.07, 6.45) is 5.37. The van der Waals surface area contributed by atoms with Gasteiger partial charge < -0.3 is 0 Å². The summed E-state index contributed by atoms with van der Waals surface area (Å²) in [5.74, 6) is 0. The second-order valence-corrected chi connectivity index (χ2v) is 35.5. The minimum absolute atomic E-state index is 0.674. The monoisotopic (exact) mass is 704 g/mol. The Morgan fingerprint density at radius 3 is 1.30 bits per heavy atom. The molecule has 200 valence electrons. The van der Waals surface area contributed by atoms with Gasteiger partial charge in [0.1, 0.15) is 0 Å². The molecule has 3 aliphatic rings. The van der Waals surface area contributed by atoms with Gasteiger partial charge in [-0.1, -0.05) is 0 Å². The fourth-order valence-electron chi connectivity index (χ4n) is 8.59. The first-order valence-corrected chi connectivity index (χ1v) is 29.2. The number of benzene rings is 4. The van der Waals surface area contributed by atoms with Gasteiger partial charge in [-0.3, -0.25) is 0 Å². The molecule has 2 atom stereocenters. The van der Waals surface area contributed by atoms with Crippen molar-refractivity contribution in [2.75, 3.05) is 0 Å². The van der Waals surface area contributed by atoms with Crippen molar-refractivity contribution in [1.29, 1.82) is 0 Å². The summed E-state index contributed by atoms with van der Waals surface area (Å²) >= 11 is -2.99. The van der Waals surface area contributed by atoms with Crippen LogP contribution in [0, 0.1) is 27.7 Å². The van der Waals surface area contributed by atoms with E-state index in [1.54, 1.807) is 11.1 Å². The topological polar surface area (TPSA) is 0 Å². The van der Waals surface area contributed by atoms with E-state index in [-0.39, 0.29) is 0 Å². The molecule has 7 rings (SSSR count). The van der Waals surface area contributed by atoms with Crippen LogP contribution in [0.25, 0.3) is 34.4 Å². The number of fused-ring (bicyclic) bond motifs is 6. The van der Waals surface area contributed by atoms with Crippen molar-refractivity contribution in [2.45, 2.75) is 57.5 Å². The maximum absolute atomic E-state index is 2.99. The van der Waals surface area contributed by atoms with E-state index in [9.17, 15) is 0 Å². The van der Waals surface area contributed by atoms with Crippen LogP contribution in [0.4, 0.5) is 0 Å². The van der Waals surface area contributed by atoms with Crippen LogP contribution in [-0.4, -0.2) is 8.07 Å². The van der Waals surface area contributed by atoms with Crippen molar-refractivity contribution in [3.05, 3.63) is 128 Å². The van der Waals surface area contributed by atoms with Crippen molar-refractivity contribution in [1.82, 2.24) is 0 Å². The van der Waals surface area contributed by atoms with E-state index in [1.165, 1.54) is 55.6 Å². The Morgan fingerprint density at radius 2 is 0.925 bits per heavy atom. The van der Waals surface area contributed by atoms with Gasteiger partial charge in [0.25, 0.3) is 0 Å². The zero-order chi connectivity index (χ0) is 28.1. The van der Waals surface area contributed by atoms with Crippen molar-refractivity contribution >= 4 is 20.2 Å². The van der Waals surface area contributed by atoms with Gasteiger partial charge in [-0.25, -0.2) is 0 Å². The van der Waals surface area contributed by atoms with E-state index < -0.39 is 28.0 Å². The van der Waals surface area contributed by atoms with E-state index in [4.69, 9.17) is 0 Å². The molecule has 2 unspecified atom stereocenters. The fraction of sp³-hybridized carbons (Fsp3) is 0.263. The van der Waals surface area contributed by atoms with Gasteiger partial charge in [-0.05, 0) is 0 Å². The number of rotatable bonds is 2. The van der Waals surface area contributed by atoms with E-state index in [1.807, 2.05) is 10.4 Å². The number of hydrogen-bond acceptors (Lipinski definition) is 0. The van der Waals surface area contributed by atoms with E-state index in [2.05, 4.69) is 135 Å². The third-order valence-electron chi connectivity index (χ3n) is 10.1. The number of allylic oxidation sites excluding steroid dienone is 2. The number of aryl methyl sites for hydroxylation is 4. The van der Waals surface area contributed by atoms with Crippen molar-refractivity contribution in [3.8, 4) is 22.3 Å². The van der Waals surface area contributed by atoms with Gasteiger partial charge in [-0.2, -0.15) is 0 Å². The minimum atomic E-state index is -2.99. The summed E-state index contributed by atoms with van der Waals surface area (Å²) < 4.78 is 6.89. The fourth-order valence-corrected chi connectivity index (χ4v) is 40.7. The molecule has 1 fully saturated rings. The molecule has 0 nitrogen and oxygen atoms in total. The van der Waals surface area contributed by atoms with Crippen molar-refractivity contribution < 1.29 is 20.0 Å². The number of hydrogen-bond donors (Lipinski definition) is 0. The summed E-state index contributed by atoms with van der Waals surface area (Å²) in [7, 11) is -1.85. The second kappa shape index (κ2) is 8.97. The average Bonchev–Trinajstić information content (AvgIpc) is 3.48. The molecule has 4 aromatic rings. The zero-order valence-corrected chi connectivity index (χ0v) is 29.8. The molecule has 2 heteroatoms. The predicted molar refractivity (Wildman–Crippen MR) is 173 cm³/mol. The molecule has 1 aliphatic heterocycles. The molecule has 2 aliphatic carbocycles. The molecule has 1 saturated heterocycles. The van der Waals surface area contributed by atoms with Gasteiger partial charge in [0.15, 0.2) is 0 Å². The molecular formula is C38H40HfSi. The van der Waals surface area contributed by atoms with E-state index in [0.717, 1.165) is 0 Å².